The van der Waals surface area contributed by atoms with E-state index < -0.39 is 16.6 Å². The van der Waals surface area contributed by atoms with Crippen molar-refractivity contribution in [1.82, 2.24) is 0 Å². The second-order valence-electron chi connectivity index (χ2n) is 3.80. The third kappa shape index (κ3) is 3.00. The molecule has 0 aliphatic rings. The predicted octanol–water partition coefficient (Wildman–Crippen LogP) is 3.67. The Morgan fingerprint density at radius 3 is 2.25 bits per heavy atom. The molecular weight excluding hydrogens is 272 g/mol. The average Bonchev–Trinajstić information content (AvgIpc) is 2.37. The number of halogens is 2. The first kappa shape index (κ1) is 13.7. The molecule has 2 aromatic rings. The molecule has 0 aromatic heterocycles. The molecule has 2 rings (SSSR count). The van der Waals surface area contributed by atoms with Gasteiger partial charge in [0.05, 0.1) is 18.1 Å². The van der Waals surface area contributed by atoms with E-state index in [2.05, 4.69) is 0 Å². The van der Waals surface area contributed by atoms with Crippen molar-refractivity contribution in [1.29, 1.82) is 0 Å². The van der Waals surface area contributed by atoms with Crippen molar-refractivity contribution in [2.45, 2.75) is 0 Å². The summed E-state index contributed by atoms with van der Waals surface area (Å²) in [5, 5.41) is 10.6. The van der Waals surface area contributed by atoms with E-state index in [1.165, 1.54) is 19.2 Å². The van der Waals surface area contributed by atoms with E-state index in [9.17, 15) is 18.9 Å². The smallest absolute Gasteiger partial charge is 0.273 e. The Balaban J connectivity index is 2.35. The van der Waals surface area contributed by atoms with Gasteiger partial charge < -0.3 is 9.47 Å². The average molecular weight is 281 g/mol. The molecule has 0 amide bonds. The van der Waals surface area contributed by atoms with E-state index in [4.69, 9.17) is 9.47 Å². The van der Waals surface area contributed by atoms with Crippen LogP contribution < -0.4 is 9.47 Å². The molecule has 0 saturated carbocycles. The van der Waals surface area contributed by atoms with Crippen LogP contribution in [0.1, 0.15) is 0 Å². The highest BCUT2D eigenvalue weighted by atomic mass is 19.1. The number of rotatable bonds is 4. The van der Waals surface area contributed by atoms with Crippen LogP contribution in [0.4, 0.5) is 14.5 Å². The summed E-state index contributed by atoms with van der Waals surface area (Å²) in [7, 11) is 1.30. The van der Waals surface area contributed by atoms with Gasteiger partial charge in [0, 0.05) is 24.3 Å². The molecule has 0 aliphatic carbocycles. The molecule has 0 heterocycles. The van der Waals surface area contributed by atoms with Crippen molar-refractivity contribution >= 4 is 5.69 Å². The van der Waals surface area contributed by atoms with Crippen LogP contribution in [-0.4, -0.2) is 12.0 Å². The topological polar surface area (TPSA) is 61.6 Å². The zero-order valence-electron chi connectivity index (χ0n) is 10.3. The van der Waals surface area contributed by atoms with Crippen molar-refractivity contribution in [3.63, 3.8) is 0 Å². The zero-order chi connectivity index (χ0) is 14.7. The maximum atomic E-state index is 13.0. The number of nitro benzene ring substituents is 1. The van der Waals surface area contributed by atoms with Gasteiger partial charge in [0.1, 0.15) is 17.4 Å². The van der Waals surface area contributed by atoms with Gasteiger partial charge in [-0.05, 0) is 6.07 Å². The summed E-state index contributed by atoms with van der Waals surface area (Å²) in [6.45, 7) is 0. The zero-order valence-corrected chi connectivity index (χ0v) is 10.3. The van der Waals surface area contributed by atoms with Crippen molar-refractivity contribution in [3.05, 3.63) is 58.1 Å². The number of non-ortho nitro benzene ring substituents is 1. The molecule has 2 aromatic carbocycles. The Labute approximate surface area is 112 Å². The molecule has 5 nitrogen and oxygen atoms in total. The van der Waals surface area contributed by atoms with Crippen LogP contribution >= 0.6 is 0 Å². The molecule has 0 radical (unpaired) electrons. The minimum Gasteiger partial charge on any atom is -0.493 e. The highest BCUT2D eigenvalue weighted by Gasteiger charge is 2.13. The quantitative estimate of drug-likeness (QED) is 0.633. The van der Waals surface area contributed by atoms with Gasteiger partial charge in [-0.15, -0.1) is 0 Å². The monoisotopic (exact) mass is 281 g/mol. The summed E-state index contributed by atoms with van der Waals surface area (Å²) in [4.78, 5) is 10.0. The third-order valence-corrected chi connectivity index (χ3v) is 2.42. The predicted molar refractivity (Wildman–Crippen MR) is 66.1 cm³/mol. The van der Waals surface area contributed by atoms with Crippen molar-refractivity contribution in [2.24, 2.45) is 0 Å². The largest absolute Gasteiger partial charge is 0.493 e. The van der Waals surface area contributed by atoms with E-state index in [1.54, 1.807) is 0 Å². The molecule has 0 aliphatic heterocycles. The number of methoxy groups -OCH3 is 1. The molecule has 0 fully saturated rings. The SMILES string of the molecule is COc1cc([N+](=O)[O-])ccc1Oc1cc(F)cc(F)c1. The maximum Gasteiger partial charge on any atom is 0.273 e. The van der Waals surface area contributed by atoms with Gasteiger partial charge in [0.25, 0.3) is 5.69 Å². The Morgan fingerprint density at radius 1 is 1.05 bits per heavy atom. The summed E-state index contributed by atoms with van der Waals surface area (Å²) in [6.07, 6.45) is 0. The number of nitro groups is 1. The lowest BCUT2D eigenvalue weighted by Crippen LogP contribution is -1.94. The van der Waals surface area contributed by atoms with Gasteiger partial charge in [-0.2, -0.15) is 0 Å². The van der Waals surface area contributed by atoms with Crippen LogP contribution in [0.3, 0.4) is 0 Å². The lowest BCUT2D eigenvalue weighted by atomic mass is 10.2. The van der Waals surface area contributed by atoms with E-state index >= 15 is 0 Å². The summed E-state index contributed by atoms with van der Waals surface area (Å²) in [5.74, 6) is -1.46. The van der Waals surface area contributed by atoms with Gasteiger partial charge in [-0.3, -0.25) is 10.1 Å². The minimum atomic E-state index is -0.791. The summed E-state index contributed by atoms with van der Waals surface area (Å²) in [6, 6.07) is 6.34. The van der Waals surface area contributed by atoms with Gasteiger partial charge in [0.15, 0.2) is 11.5 Å². The third-order valence-electron chi connectivity index (χ3n) is 2.42. The Bertz CT molecular complexity index is 641. The highest BCUT2D eigenvalue weighted by molar-refractivity contribution is 5.50. The first-order chi connectivity index (χ1) is 9.49. The Hall–Kier alpha value is -2.70. The first-order valence-corrected chi connectivity index (χ1v) is 5.46. The molecular formula is C13H9F2NO4. The summed E-state index contributed by atoms with van der Waals surface area (Å²) >= 11 is 0. The molecule has 0 atom stereocenters. The first-order valence-electron chi connectivity index (χ1n) is 5.46. The molecule has 0 saturated heterocycles. The molecule has 0 bridgehead atoms. The van der Waals surface area contributed by atoms with Crippen molar-refractivity contribution < 1.29 is 23.2 Å². The Kier molecular flexibility index (Phi) is 3.79. The lowest BCUT2D eigenvalue weighted by Gasteiger charge is -2.10. The number of nitrogens with zero attached hydrogens (tertiary/aromatic N) is 1. The second-order valence-corrected chi connectivity index (χ2v) is 3.80. The van der Waals surface area contributed by atoms with Crippen molar-refractivity contribution in [3.8, 4) is 17.2 Å². The van der Waals surface area contributed by atoms with E-state index in [0.717, 1.165) is 18.2 Å². The molecule has 0 spiro atoms. The van der Waals surface area contributed by atoms with Gasteiger partial charge in [0.2, 0.25) is 0 Å². The molecule has 0 N–H and O–H groups in total. The number of benzene rings is 2. The standard InChI is InChI=1S/C13H9F2NO4/c1-19-13-7-10(16(17)18)2-3-12(13)20-11-5-8(14)4-9(15)6-11/h2-7H,1H3. The van der Waals surface area contributed by atoms with Crippen LogP contribution in [0.25, 0.3) is 0 Å². The van der Waals surface area contributed by atoms with Gasteiger partial charge >= 0.3 is 0 Å². The number of ether oxygens (including phenoxy) is 2. The second kappa shape index (κ2) is 5.52. The van der Waals surface area contributed by atoms with E-state index in [1.807, 2.05) is 0 Å². The molecule has 7 heteroatoms. The fourth-order valence-corrected chi connectivity index (χ4v) is 1.57. The van der Waals surface area contributed by atoms with Crippen LogP contribution in [0, 0.1) is 21.7 Å². The number of hydrogen-bond acceptors (Lipinski definition) is 4. The maximum absolute atomic E-state index is 13.0. The number of hydrogen-bond donors (Lipinski definition) is 0. The van der Waals surface area contributed by atoms with Crippen molar-refractivity contribution in [2.75, 3.05) is 7.11 Å². The fourth-order valence-electron chi connectivity index (χ4n) is 1.57. The molecule has 0 unspecified atom stereocenters. The van der Waals surface area contributed by atoms with E-state index in [0.29, 0.717) is 6.07 Å². The van der Waals surface area contributed by atoms with Gasteiger partial charge in [-0.1, -0.05) is 0 Å². The molecule has 20 heavy (non-hydrogen) atoms. The fraction of sp³-hybridized carbons (Fsp3) is 0.0769. The lowest BCUT2D eigenvalue weighted by molar-refractivity contribution is -0.384. The van der Waals surface area contributed by atoms with Crippen LogP contribution in [0.2, 0.25) is 0 Å². The minimum absolute atomic E-state index is 0.0744. The summed E-state index contributed by atoms with van der Waals surface area (Å²) < 4.78 is 36.3. The summed E-state index contributed by atoms with van der Waals surface area (Å²) in [5.41, 5.74) is -0.181. The Morgan fingerprint density at radius 2 is 1.70 bits per heavy atom. The highest BCUT2D eigenvalue weighted by Crippen LogP contribution is 2.34. The van der Waals surface area contributed by atoms with Crippen LogP contribution in [-0.2, 0) is 0 Å². The molecule has 104 valence electrons. The van der Waals surface area contributed by atoms with Gasteiger partial charge in [-0.25, -0.2) is 8.78 Å². The van der Waals surface area contributed by atoms with E-state index in [-0.39, 0.29) is 22.9 Å². The van der Waals surface area contributed by atoms with Crippen LogP contribution in [0.15, 0.2) is 36.4 Å². The normalized spacial score (nSPS) is 10.2. The van der Waals surface area contributed by atoms with Crippen LogP contribution in [0.5, 0.6) is 17.2 Å².